The molecule has 0 radical (unpaired) electrons. The van der Waals surface area contributed by atoms with Crippen molar-refractivity contribution in [2.24, 2.45) is 5.92 Å². The van der Waals surface area contributed by atoms with Gasteiger partial charge < -0.3 is 5.32 Å². The van der Waals surface area contributed by atoms with Crippen molar-refractivity contribution < 1.29 is 17.6 Å². The maximum absolute atomic E-state index is 13.1. The number of carbonyl (C=O) groups is 1. The Balaban J connectivity index is 1.69. The van der Waals surface area contributed by atoms with E-state index in [0.717, 1.165) is 23.3 Å². The van der Waals surface area contributed by atoms with E-state index in [9.17, 15) is 17.6 Å². The third-order valence-electron chi connectivity index (χ3n) is 5.22. The Kier molecular flexibility index (Phi) is 6.15. The van der Waals surface area contributed by atoms with Gasteiger partial charge in [-0.1, -0.05) is 24.3 Å². The molecule has 1 amide bonds. The van der Waals surface area contributed by atoms with Crippen LogP contribution in [0.15, 0.2) is 53.4 Å². The molecule has 1 N–H and O–H groups in total. The highest BCUT2D eigenvalue weighted by Crippen LogP contribution is 2.25. The van der Waals surface area contributed by atoms with Gasteiger partial charge in [-0.15, -0.1) is 0 Å². The van der Waals surface area contributed by atoms with Crippen LogP contribution in [0.2, 0.25) is 0 Å². The molecule has 5 nitrogen and oxygen atoms in total. The summed E-state index contributed by atoms with van der Waals surface area (Å²) in [6, 6.07) is 12.5. The molecule has 7 heteroatoms. The molecule has 0 unspecified atom stereocenters. The van der Waals surface area contributed by atoms with Crippen molar-refractivity contribution in [3.63, 3.8) is 0 Å². The molecule has 2 aromatic rings. The first-order valence-electron chi connectivity index (χ1n) is 9.40. The minimum Gasteiger partial charge on any atom is -0.349 e. The van der Waals surface area contributed by atoms with Crippen molar-refractivity contribution >= 4 is 15.9 Å². The lowest BCUT2D eigenvalue weighted by Crippen LogP contribution is -2.45. The van der Waals surface area contributed by atoms with Crippen LogP contribution in [0.5, 0.6) is 0 Å². The maximum atomic E-state index is 13.1. The molecule has 1 fully saturated rings. The number of halogens is 1. The zero-order valence-electron chi connectivity index (χ0n) is 16.1. The summed E-state index contributed by atoms with van der Waals surface area (Å²) in [5.41, 5.74) is 2.14. The number of rotatable bonds is 5. The van der Waals surface area contributed by atoms with Crippen molar-refractivity contribution in [3.8, 4) is 0 Å². The number of nitrogens with one attached hydrogen (secondary N) is 1. The summed E-state index contributed by atoms with van der Waals surface area (Å²) in [6.07, 6.45) is 1.25. The molecule has 1 aliphatic rings. The van der Waals surface area contributed by atoms with E-state index >= 15 is 0 Å². The van der Waals surface area contributed by atoms with Crippen LogP contribution in [0, 0.1) is 18.7 Å². The largest absolute Gasteiger partial charge is 0.349 e. The predicted octanol–water partition coefficient (Wildman–Crippen LogP) is 3.41. The van der Waals surface area contributed by atoms with Gasteiger partial charge in [-0.3, -0.25) is 4.79 Å². The number of hydrogen-bond donors (Lipinski definition) is 1. The van der Waals surface area contributed by atoms with Crippen molar-refractivity contribution in [1.82, 2.24) is 9.62 Å². The Morgan fingerprint density at radius 3 is 2.54 bits per heavy atom. The molecule has 0 spiro atoms. The van der Waals surface area contributed by atoms with E-state index in [1.807, 2.05) is 38.1 Å². The summed E-state index contributed by atoms with van der Waals surface area (Å²) < 4.78 is 40.1. The Labute approximate surface area is 165 Å². The van der Waals surface area contributed by atoms with E-state index in [1.54, 1.807) is 0 Å². The molecule has 150 valence electrons. The normalized spacial score (nSPS) is 19.2. The molecule has 1 heterocycles. The van der Waals surface area contributed by atoms with Gasteiger partial charge in [0.25, 0.3) is 0 Å². The van der Waals surface area contributed by atoms with E-state index in [-0.39, 0.29) is 23.4 Å². The van der Waals surface area contributed by atoms with E-state index in [2.05, 4.69) is 5.32 Å². The maximum Gasteiger partial charge on any atom is 0.243 e. The second-order valence-corrected chi connectivity index (χ2v) is 9.18. The molecule has 2 aromatic carbocycles. The highest BCUT2D eigenvalue weighted by atomic mass is 32.2. The van der Waals surface area contributed by atoms with Gasteiger partial charge in [0.2, 0.25) is 15.9 Å². The molecule has 1 aliphatic heterocycles. The second kappa shape index (κ2) is 8.41. The van der Waals surface area contributed by atoms with Crippen LogP contribution in [0.4, 0.5) is 4.39 Å². The zero-order chi connectivity index (χ0) is 20.3. The minimum absolute atomic E-state index is 0.0447. The Morgan fingerprint density at radius 1 is 1.18 bits per heavy atom. The lowest BCUT2D eigenvalue weighted by Gasteiger charge is -2.32. The molecule has 0 aromatic heterocycles. The van der Waals surface area contributed by atoms with Crippen molar-refractivity contribution in [2.45, 2.75) is 37.6 Å². The van der Waals surface area contributed by atoms with Gasteiger partial charge in [-0.2, -0.15) is 4.31 Å². The van der Waals surface area contributed by atoms with Crippen LogP contribution in [-0.4, -0.2) is 31.7 Å². The van der Waals surface area contributed by atoms with Gasteiger partial charge in [0.15, 0.2) is 0 Å². The van der Waals surface area contributed by atoms with Crippen molar-refractivity contribution in [3.05, 3.63) is 65.5 Å². The summed E-state index contributed by atoms with van der Waals surface area (Å²) >= 11 is 0. The fourth-order valence-electron chi connectivity index (χ4n) is 3.61. The van der Waals surface area contributed by atoms with Gasteiger partial charge in [0, 0.05) is 13.1 Å². The number of nitrogens with zero attached hydrogens (tertiary/aromatic N) is 1. The number of hydrogen-bond acceptors (Lipinski definition) is 3. The van der Waals surface area contributed by atoms with Crippen LogP contribution >= 0.6 is 0 Å². The molecule has 1 saturated heterocycles. The quantitative estimate of drug-likeness (QED) is 0.830. The van der Waals surface area contributed by atoms with E-state index < -0.39 is 21.8 Å². The van der Waals surface area contributed by atoms with Gasteiger partial charge in [-0.05, 0) is 62.1 Å². The molecular weight excluding hydrogens is 379 g/mol. The van der Waals surface area contributed by atoms with Gasteiger partial charge in [0.1, 0.15) is 5.82 Å². The fraction of sp³-hybridized carbons (Fsp3) is 0.381. The first-order chi connectivity index (χ1) is 13.3. The van der Waals surface area contributed by atoms with Gasteiger partial charge in [0.05, 0.1) is 16.9 Å². The minimum atomic E-state index is -3.75. The number of carbonyl (C=O) groups excluding carboxylic acids is 1. The molecule has 3 rings (SSSR count). The molecule has 0 bridgehead atoms. The van der Waals surface area contributed by atoms with Crippen LogP contribution in [0.3, 0.4) is 0 Å². The average molecular weight is 405 g/mol. The topological polar surface area (TPSA) is 66.5 Å². The van der Waals surface area contributed by atoms with Gasteiger partial charge in [-0.25, -0.2) is 12.8 Å². The highest BCUT2D eigenvalue weighted by Gasteiger charge is 2.33. The SMILES string of the molecule is Cc1ccccc1[C@H](C)NC(=O)[C@H]1CCCN(S(=O)(=O)c2ccc(F)cc2)C1. The lowest BCUT2D eigenvalue weighted by atomic mass is 9.97. The van der Waals surface area contributed by atoms with E-state index in [4.69, 9.17) is 0 Å². The number of sulfonamides is 1. The molecule has 0 aliphatic carbocycles. The smallest absolute Gasteiger partial charge is 0.243 e. The van der Waals surface area contributed by atoms with E-state index in [1.165, 1.54) is 16.4 Å². The van der Waals surface area contributed by atoms with Crippen molar-refractivity contribution in [2.75, 3.05) is 13.1 Å². The number of benzene rings is 2. The van der Waals surface area contributed by atoms with Gasteiger partial charge >= 0.3 is 0 Å². The van der Waals surface area contributed by atoms with Crippen LogP contribution in [-0.2, 0) is 14.8 Å². The standard InChI is InChI=1S/C21H25FN2O3S/c1-15-6-3-4-8-20(15)16(2)23-21(25)17-7-5-13-24(14-17)28(26,27)19-11-9-18(22)10-12-19/h3-4,6,8-12,16-17H,5,7,13-14H2,1-2H3,(H,23,25)/t16-,17-/m0/s1. The Bertz CT molecular complexity index is 944. The first kappa shape index (κ1) is 20.5. The second-order valence-electron chi connectivity index (χ2n) is 7.24. The summed E-state index contributed by atoms with van der Waals surface area (Å²) in [6.45, 7) is 4.41. The monoisotopic (exact) mass is 404 g/mol. The zero-order valence-corrected chi connectivity index (χ0v) is 16.9. The van der Waals surface area contributed by atoms with Crippen LogP contribution in [0.1, 0.15) is 36.9 Å². The predicted molar refractivity (Wildman–Crippen MR) is 106 cm³/mol. The molecule has 0 saturated carbocycles. The van der Waals surface area contributed by atoms with Crippen LogP contribution < -0.4 is 5.32 Å². The third kappa shape index (κ3) is 4.42. The summed E-state index contributed by atoms with van der Waals surface area (Å²) in [5, 5.41) is 3.02. The lowest BCUT2D eigenvalue weighted by molar-refractivity contribution is -0.126. The van der Waals surface area contributed by atoms with Crippen molar-refractivity contribution in [1.29, 1.82) is 0 Å². The number of piperidine rings is 1. The number of amides is 1. The highest BCUT2D eigenvalue weighted by molar-refractivity contribution is 7.89. The summed E-state index contributed by atoms with van der Waals surface area (Å²) in [4.78, 5) is 12.8. The van der Waals surface area contributed by atoms with Crippen LogP contribution in [0.25, 0.3) is 0 Å². The summed E-state index contributed by atoms with van der Waals surface area (Å²) in [5.74, 6) is -1.04. The summed E-state index contributed by atoms with van der Waals surface area (Å²) in [7, 11) is -3.75. The molecular formula is C21H25FN2O3S. The molecule has 28 heavy (non-hydrogen) atoms. The fourth-order valence-corrected chi connectivity index (χ4v) is 5.14. The third-order valence-corrected chi connectivity index (χ3v) is 7.10. The Morgan fingerprint density at radius 2 is 1.86 bits per heavy atom. The molecule has 2 atom stereocenters. The van der Waals surface area contributed by atoms with E-state index in [0.29, 0.717) is 19.4 Å². The Hall–Kier alpha value is -2.25. The number of aryl methyl sites for hydroxylation is 1. The average Bonchev–Trinajstić information content (AvgIpc) is 2.68. The first-order valence-corrected chi connectivity index (χ1v) is 10.8.